The first-order chi connectivity index (χ1) is 12.2. The van der Waals surface area contributed by atoms with E-state index >= 15 is 0 Å². The van der Waals surface area contributed by atoms with Crippen molar-refractivity contribution in [2.24, 2.45) is 0 Å². The summed E-state index contributed by atoms with van der Waals surface area (Å²) < 4.78 is 13.1. The van der Waals surface area contributed by atoms with Crippen LogP contribution >= 0.6 is 11.6 Å². The van der Waals surface area contributed by atoms with Crippen LogP contribution in [0.15, 0.2) is 67.0 Å². The molecule has 0 spiro atoms. The van der Waals surface area contributed by atoms with Crippen LogP contribution in [0.25, 0.3) is 22.3 Å². The first-order valence-electron chi connectivity index (χ1n) is 7.80. The maximum Gasteiger partial charge on any atom is 0.123 e. The molecule has 0 aliphatic carbocycles. The maximum atomic E-state index is 13.1. The lowest BCUT2D eigenvalue weighted by molar-refractivity contribution is 0.628. The van der Waals surface area contributed by atoms with E-state index < -0.39 is 0 Å². The van der Waals surface area contributed by atoms with Crippen molar-refractivity contribution in [3.63, 3.8) is 0 Å². The average molecular weight is 350 g/mol. The van der Waals surface area contributed by atoms with Crippen molar-refractivity contribution in [2.75, 3.05) is 0 Å². The second kappa shape index (κ2) is 6.57. The predicted molar refractivity (Wildman–Crippen MR) is 97.0 cm³/mol. The Kier molecular flexibility index (Phi) is 4.12. The zero-order valence-corrected chi connectivity index (χ0v) is 13.9. The molecule has 0 N–H and O–H groups in total. The topological polar surface area (TPSA) is 38.7 Å². The molecule has 122 valence electrons. The fourth-order valence-electron chi connectivity index (χ4n) is 2.70. The van der Waals surface area contributed by atoms with Gasteiger partial charge in [0.15, 0.2) is 0 Å². The lowest BCUT2D eigenvalue weighted by Crippen LogP contribution is -1.98. The Labute approximate surface area is 149 Å². The minimum atomic E-state index is -0.267. The Morgan fingerprint density at radius 3 is 2.36 bits per heavy atom. The molecule has 2 aromatic heterocycles. The average Bonchev–Trinajstić information content (AvgIpc) is 2.64. The number of fused-ring (bicyclic) bond motifs is 1. The smallest absolute Gasteiger partial charge is 0.123 e. The predicted octanol–water partition coefficient (Wildman–Crippen LogP) is 5.08. The Morgan fingerprint density at radius 1 is 0.840 bits per heavy atom. The summed E-state index contributed by atoms with van der Waals surface area (Å²) in [4.78, 5) is 13.4. The number of benzene rings is 2. The zero-order chi connectivity index (χ0) is 17.2. The van der Waals surface area contributed by atoms with Gasteiger partial charge in [-0.3, -0.25) is 0 Å². The summed E-state index contributed by atoms with van der Waals surface area (Å²) in [5.41, 5.74) is 5.09. The summed E-state index contributed by atoms with van der Waals surface area (Å²) in [5.74, 6) is -0.267. The summed E-state index contributed by atoms with van der Waals surface area (Å²) in [6.45, 7) is 0. The first kappa shape index (κ1) is 15.7. The molecular formula is C20H13ClFN3. The maximum absolute atomic E-state index is 13.1. The molecule has 0 saturated heterocycles. The van der Waals surface area contributed by atoms with Crippen LogP contribution in [-0.4, -0.2) is 15.0 Å². The van der Waals surface area contributed by atoms with Crippen LogP contribution in [0, 0.1) is 5.82 Å². The number of nitrogens with zero attached hydrogens (tertiary/aromatic N) is 3. The molecule has 4 rings (SSSR count). The molecule has 2 heterocycles. The van der Waals surface area contributed by atoms with Gasteiger partial charge in [-0.05, 0) is 54.1 Å². The third-order valence-corrected chi connectivity index (χ3v) is 4.23. The van der Waals surface area contributed by atoms with E-state index in [0.717, 1.165) is 33.5 Å². The third-order valence-electron chi connectivity index (χ3n) is 3.98. The van der Waals surface area contributed by atoms with Gasteiger partial charge in [-0.2, -0.15) is 0 Å². The Hall–Kier alpha value is -2.85. The van der Waals surface area contributed by atoms with Gasteiger partial charge in [-0.15, -0.1) is 0 Å². The van der Waals surface area contributed by atoms with E-state index in [1.807, 2.05) is 36.4 Å². The molecule has 4 aromatic rings. The van der Waals surface area contributed by atoms with Crippen molar-refractivity contribution in [3.8, 4) is 11.3 Å². The monoisotopic (exact) mass is 349 g/mol. The molecule has 0 aliphatic heterocycles. The molecule has 0 atom stereocenters. The molecule has 0 radical (unpaired) electrons. The second-order valence-electron chi connectivity index (χ2n) is 5.69. The minimum Gasteiger partial charge on any atom is -0.244 e. The highest BCUT2D eigenvalue weighted by atomic mass is 35.5. The standard InChI is InChI=1S/C20H13ClFN3/c21-15-5-1-13(2-6-15)11-19-20-18(23-12-24-19)10-9-17(25-20)14-3-7-16(22)8-4-14/h1-10,12H,11H2. The van der Waals surface area contributed by atoms with Crippen molar-refractivity contribution in [1.82, 2.24) is 15.0 Å². The van der Waals surface area contributed by atoms with E-state index in [0.29, 0.717) is 11.4 Å². The molecule has 5 heteroatoms. The largest absolute Gasteiger partial charge is 0.244 e. The molecular weight excluding hydrogens is 337 g/mol. The van der Waals surface area contributed by atoms with Crippen LogP contribution in [0.3, 0.4) is 0 Å². The molecule has 0 amide bonds. The number of halogens is 2. The van der Waals surface area contributed by atoms with E-state index in [9.17, 15) is 4.39 Å². The fraction of sp³-hybridized carbons (Fsp3) is 0.0500. The summed E-state index contributed by atoms with van der Waals surface area (Å²) in [5, 5.41) is 0.702. The molecule has 25 heavy (non-hydrogen) atoms. The van der Waals surface area contributed by atoms with Gasteiger partial charge in [0, 0.05) is 17.0 Å². The summed E-state index contributed by atoms with van der Waals surface area (Å²) in [6.07, 6.45) is 2.18. The van der Waals surface area contributed by atoms with Crippen molar-refractivity contribution < 1.29 is 4.39 Å². The van der Waals surface area contributed by atoms with Crippen molar-refractivity contribution >= 4 is 22.6 Å². The van der Waals surface area contributed by atoms with Crippen LogP contribution in [-0.2, 0) is 6.42 Å². The Bertz CT molecular complexity index is 1030. The normalized spacial score (nSPS) is 11.0. The molecule has 2 aromatic carbocycles. The van der Waals surface area contributed by atoms with Gasteiger partial charge in [-0.25, -0.2) is 19.3 Å². The van der Waals surface area contributed by atoms with Crippen molar-refractivity contribution in [2.45, 2.75) is 6.42 Å². The lowest BCUT2D eigenvalue weighted by atomic mass is 10.1. The van der Waals surface area contributed by atoms with Crippen molar-refractivity contribution in [1.29, 1.82) is 0 Å². The van der Waals surface area contributed by atoms with E-state index in [1.54, 1.807) is 18.5 Å². The first-order valence-corrected chi connectivity index (χ1v) is 8.18. The van der Waals surface area contributed by atoms with Gasteiger partial charge in [0.25, 0.3) is 0 Å². The van der Waals surface area contributed by atoms with E-state index in [-0.39, 0.29) is 5.82 Å². The molecule has 0 saturated carbocycles. The number of hydrogen-bond donors (Lipinski definition) is 0. The van der Waals surface area contributed by atoms with Crippen LogP contribution < -0.4 is 0 Å². The van der Waals surface area contributed by atoms with Gasteiger partial charge < -0.3 is 0 Å². The van der Waals surface area contributed by atoms with Gasteiger partial charge in [-0.1, -0.05) is 23.7 Å². The Balaban J connectivity index is 1.77. The third kappa shape index (κ3) is 3.35. The van der Waals surface area contributed by atoms with Gasteiger partial charge in [0.05, 0.1) is 16.9 Å². The Morgan fingerprint density at radius 2 is 1.60 bits per heavy atom. The highest BCUT2D eigenvalue weighted by molar-refractivity contribution is 6.30. The highest BCUT2D eigenvalue weighted by Gasteiger charge is 2.09. The molecule has 0 fully saturated rings. The summed E-state index contributed by atoms with van der Waals surface area (Å²) in [6, 6.07) is 17.7. The fourth-order valence-corrected chi connectivity index (χ4v) is 2.82. The van der Waals surface area contributed by atoms with Crippen LogP contribution in [0.5, 0.6) is 0 Å². The summed E-state index contributed by atoms with van der Waals surface area (Å²) >= 11 is 5.94. The van der Waals surface area contributed by atoms with E-state index in [1.165, 1.54) is 12.1 Å². The quantitative estimate of drug-likeness (QED) is 0.518. The number of rotatable bonds is 3. The van der Waals surface area contributed by atoms with Crippen molar-refractivity contribution in [3.05, 3.63) is 89.1 Å². The molecule has 0 unspecified atom stereocenters. The van der Waals surface area contributed by atoms with E-state index in [4.69, 9.17) is 16.6 Å². The van der Waals surface area contributed by atoms with Crippen LogP contribution in [0.4, 0.5) is 4.39 Å². The molecule has 0 aliphatic rings. The molecule has 3 nitrogen and oxygen atoms in total. The summed E-state index contributed by atoms with van der Waals surface area (Å²) in [7, 11) is 0. The van der Waals surface area contributed by atoms with Crippen LogP contribution in [0.2, 0.25) is 5.02 Å². The van der Waals surface area contributed by atoms with Gasteiger partial charge in [0.1, 0.15) is 17.7 Å². The lowest BCUT2D eigenvalue weighted by Gasteiger charge is -2.07. The second-order valence-corrected chi connectivity index (χ2v) is 6.13. The van der Waals surface area contributed by atoms with Gasteiger partial charge in [0.2, 0.25) is 0 Å². The van der Waals surface area contributed by atoms with Crippen LogP contribution in [0.1, 0.15) is 11.3 Å². The number of pyridine rings is 1. The zero-order valence-electron chi connectivity index (χ0n) is 13.2. The molecule has 0 bridgehead atoms. The number of aromatic nitrogens is 3. The SMILES string of the molecule is Fc1ccc(-c2ccc3ncnc(Cc4ccc(Cl)cc4)c3n2)cc1. The number of hydrogen-bond acceptors (Lipinski definition) is 3. The van der Waals surface area contributed by atoms with E-state index in [2.05, 4.69) is 9.97 Å². The minimum absolute atomic E-state index is 0.267. The highest BCUT2D eigenvalue weighted by Crippen LogP contribution is 2.23. The van der Waals surface area contributed by atoms with Gasteiger partial charge >= 0.3 is 0 Å².